The molecule has 0 radical (unpaired) electrons. The van der Waals surface area contributed by atoms with Gasteiger partial charge in [0, 0.05) is 29.8 Å². The Balaban J connectivity index is 2.15. The number of rotatable bonds is 6. The van der Waals surface area contributed by atoms with Gasteiger partial charge >= 0.3 is 6.09 Å². The molecular formula is C21H25I2N3O5. The largest absolute Gasteiger partial charge is 0.497 e. The number of hydrogen-bond acceptors (Lipinski definition) is 6. The van der Waals surface area contributed by atoms with Crippen LogP contribution in [0.5, 0.6) is 5.75 Å². The van der Waals surface area contributed by atoms with Crippen molar-refractivity contribution in [3.63, 3.8) is 0 Å². The third-order valence-corrected chi connectivity index (χ3v) is 7.37. The molecule has 0 aliphatic rings. The number of carbonyl (C=O) groups excluding carboxylic acids is 1. The zero-order valence-corrected chi connectivity index (χ0v) is 22.3. The number of ether oxygens (including phenoxy) is 3. The van der Waals surface area contributed by atoms with Gasteiger partial charge in [-0.25, -0.2) is 9.78 Å². The standard InChI is InChI=1S/C21H25I2N3O5/c1-6-30-11-26-18(23)17(22)24-19(26)16(27)14-10-25(20(28)31-21(2,3)4)15-9-12(29-5)7-8-13(14)15/h7-10,16,27H,6,11H2,1-5H3. The maximum Gasteiger partial charge on any atom is 0.419 e. The van der Waals surface area contributed by atoms with Crippen LogP contribution in [0.15, 0.2) is 24.4 Å². The van der Waals surface area contributed by atoms with Crippen LogP contribution in [0.2, 0.25) is 0 Å². The maximum absolute atomic E-state index is 12.9. The van der Waals surface area contributed by atoms with Crippen molar-refractivity contribution in [3.8, 4) is 5.75 Å². The molecule has 0 saturated carbocycles. The van der Waals surface area contributed by atoms with Crippen molar-refractivity contribution in [2.24, 2.45) is 0 Å². The molecule has 0 amide bonds. The lowest BCUT2D eigenvalue weighted by Gasteiger charge is -2.19. The molecule has 168 valence electrons. The summed E-state index contributed by atoms with van der Waals surface area (Å²) in [7, 11) is 1.56. The van der Waals surface area contributed by atoms with Crippen molar-refractivity contribution in [2.75, 3.05) is 13.7 Å². The van der Waals surface area contributed by atoms with Gasteiger partial charge in [-0.3, -0.25) is 9.13 Å². The van der Waals surface area contributed by atoms with E-state index < -0.39 is 17.8 Å². The van der Waals surface area contributed by atoms with Crippen LogP contribution in [0.1, 0.15) is 45.2 Å². The Hall–Kier alpha value is -1.38. The molecule has 8 nitrogen and oxygen atoms in total. The molecule has 2 aromatic heterocycles. The molecule has 1 unspecified atom stereocenters. The molecule has 0 spiro atoms. The zero-order chi connectivity index (χ0) is 22.9. The number of imidazole rings is 1. The van der Waals surface area contributed by atoms with Crippen LogP contribution >= 0.6 is 45.2 Å². The van der Waals surface area contributed by atoms with Gasteiger partial charge in [0.05, 0.1) is 12.6 Å². The van der Waals surface area contributed by atoms with Crippen molar-refractivity contribution in [1.29, 1.82) is 0 Å². The summed E-state index contributed by atoms with van der Waals surface area (Å²) in [4.78, 5) is 17.4. The van der Waals surface area contributed by atoms with Gasteiger partial charge in [0.25, 0.3) is 0 Å². The third kappa shape index (κ3) is 5.17. The SMILES string of the molecule is CCOCn1c(C(O)c2cn(C(=O)OC(C)(C)C)c3cc(OC)ccc23)nc(I)c1I. The Labute approximate surface area is 208 Å². The summed E-state index contributed by atoms with van der Waals surface area (Å²) >= 11 is 4.31. The summed E-state index contributed by atoms with van der Waals surface area (Å²) in [5.74, 6) is 1.04. The van der Waals surface area contributed by atoms with Gasteiger partial charge in [-0.1, -0.05) is 0 Å². The summed E-state index contributed by atoms with van der Waals surface area (Å²) in [6.45, 7) is 8.14. The summed E-state index contributed by atoms with van der Waals surface area (Å²) in [5, 5.41) is 12.0. The Morgan fingerprint density at radius 1 is 1.29 bits per heavy atom. The van der Waals surface area contributed by atoms with E-state index in [2.05, 4.69) is 50.2 Å². The van der Waals surface area contributed by atoms with E-state index in [1.54, 1.807) is 46.2 Å². The van der Waals surface area contributed by atoms with Crippen molar-refractivity contribution < 1.29 is 24.1 Å². The Morgan fingerprint density at radius 3 is 2.61 bits per heavy atom. The van der Waals surface area contributed by atoms with E-state index in [1.165, 1.54) is 4.57 Å². The lowest BCUT2D eigenvalue weighted by Crippen LogP contribution is -2.26. The monoisotopic (exact) mass is 653 g/mol. The van der Waals surface area contributed by atoms with E-state index in [4.69, 9.17) is 14.2 Å². The zero-order valence-electron chi connectivity index (χ0n) is 18.0. The third-order valence-electron chi connectivity index (χ3n) is 4.49. The summed E-state index contributed by atoms with van der Waals surface area (Å²) < 4.78 is 21.3. The quantitative estimate of drug-likeness (QED) is 0.381. The van der Waals surface area contributed by atoms with Crippen molar-refractivity contribution in [1.82, 2.24) is 14.1 Å². The second-order valence-electron chi connectivity index (χ2n) is 7.82. The lowest BCUT2D eigenvalue weighted by atomic mass is 10.1. The molecule has 10 heteroatoms. The van der Waals surface area contributed by atoms with Gasteiger partial charge in [0.15, 0.2) is 0 Å². The number of aliphatic hydroxyl groups excluding tert-OH is 1. The van der Waals surface area contributed by atoms with Gasteiger partial charge in [0.2, 0.25) is 0 Å². The molecule has 1 atom stereocenters. The number of fused-ring (bicyclic) bond motifs is 1. The fraction of sp³-hybridized carbons (Fsp3) is 0.429. The molecule has 2 heterocycles. The van der Waals surface area contributed by atoms with E-state index in [9.17, 15) is 9.90 Å². The molecule has 3 aromatic rings. The maximum atomic E-state index is 12.9. The van der Waals surface area contributed by atoms with Crippen molar-refractivity contribution in [2.45, 2.75) is 46.1 Å². The van der Waals surface area contributed by atoms with Crippen LogP contribution in [0, 0.1) is 7.40 Å². The minimum atomic E-state index is -1.07. The molecule has 0 bridgehead atoms. The molecule has 0 fully saturated rings. The number of halogens is 2. The molecule has 1 N–H and O–H groups in total. The molecule has 0 aliphatic carbocycles. The van der Waals surface area contributed by atoms with Gasteiger partial charge in [-0.15, -0.1) is 0 Å². The first kappa shape index (κ1) is 24.3. The van der Waals surface area contributed by atoms with E-state index in [1.807, 2.05) is 17.6 Å². The van der Waals surface area contributed by atoms with Crippen LogP contribution < -0.4 is 4.74 Å². The fourth-order valence-corrected chi connectivity index (χ4v) is 4.16. The number of carbonyl (C=O) groups is 1. The predicted molar refractivity (Wildman–Crippen MR) is 133 cm³/mol. The topological polar surface area (TPSA) is 87.7 Å². The number of aromatic nitrogens is 3. The van der Waals surface area contributed by atoms with Crippen molar-refractivity contribution in [3.05, 3.63) is 43.2 Å². The first-order valence-corrected chi connectivity index (χ1v) is 11.8. The second-order valence-corrected chi connectivity index (χ2v) is 9.87. The lowest BCUT2D eigenvalue weighted by molar-refractivity contribution is 0.0543. The predicted octanol–water partition coefficient (Wildman–Crippen LogP) is 4.91. The molecule has 1 aromatic carbocycles. The highest BCUT2D eigenvalue weighted by Crippen LogP contribution is 2.34. The van der Waals surface area contributed by atoms with E-state index in [0.717, 1.165) is 7.40 Å². The van der Waals surface area contributed by atoms with Crippen LogP contribution in [-0.4, -0.2) is 44.6 Å². The first-order valence-electron chi connectivity index (χ1n) is 9.67. The van der Waals surface area contributed by atoms with Gasteiger partial charge in [-0.05, 0) is 85.0 Å². The average Bonchev–Trinajstić information content (AvgIpc) is 3.22. The van der Waals surface area contributed by atoms with E-state index >= 15 is 0 Å². The van der Waals surface area contributed by atoms with Crippen molar-refractivity contribution >= 4 is 62.2 Å². The summed E-state index contributed by atoms with van der Waals surface area (Å²) in [5.41, 5.74) is 0.458. The van der Waals surface area contributed by atoms with Gasteiger partial charge in [-0.2, -0.15) is 0 Å². The molecule has 3 rings (SSSR count). The summed E-state index contributed by atoms with van der Waals surface area (Å²) in [6, 6.07) is 5.35. The number of nitrogens with zero attached hydrogens (tertiary/aromatic N) is 3. The molecule has 31 heavy (non-hydrogen) atoms. The van der Waals surface area contributed by atoms with Crippen LogP contribution in [0.25, 0.3) is 10.9 Å². The highest BCUT2D eigenvalue weighted by atomic mass is 127. The Bertz CT molecular complexity index is 1100. The number of methoxy groups -OCH3 is 1. The van der Waals surface area contributed by atoms with E-state index in [-0.39, 0.29) is 6.73 Å². The van der Waals surface area contributed by atoms with Gasteiger partial charge in [0.1, 0.15) is 37.4 Å². The van der Waals surface area contributed by atoms with Crippen LogP contribution in [-0.2, 0) is 16.2 Å². The number of benzene rings is 1. The van der Waals surface area contributed by atoms with E-state index in [0.29, 0.717) is 34.6 Å². The summed E-state index contributed by atoms with van der Waals surface area (Å²) in [6.07, 6.45) is -0.00877. The fourth-order valence-electron chi connectivity index (χ4n) is 3.11. The normalized spacial score (nSPS) is 12.9. The van der Waals surface area contributed by atoms with Crippen LogP contribution in [0.4, 0.5) is 4.79 Å². The molecule has 0 saturated heterocycles. The first-order chi connectivity index (χ1) is 14.6. The minimum Gasteiger partial charge on any atom is -0.497 e. The second kappa shape index (κ2) is 9.63. The van der Waals surface area contributed by atoms with Crippen LogP contribution in [0.3, 0.4) is 0 Å². The smallest absolute Gasteiger partial charge is 0.419 e. The number of hydrogen-bond donors (Lipinski definition) is 1. The Kier molecular flexibility index (Phi) is 7.54. The average molecular weight is 653 g/mol. The Morgan fingerprint density at radius 2 is 2.00 bits per heavy atom. The number of aliphatic hydroxyl groups is 1. The van der Waals surface area contributed by atoms with Gasteiger partial charge < -0.3 is 19.3 Å². The highest BCUT2D eigenvalue weighted by Gasteiger charge is 2.27. The molecule has 0 aliphatic heterocycles. The minimum absolute atomic E-state index is 0.274. The highest BCUT2D eigenvalue weighted by molar-refractivity contribution is 14.1. The molecular weight excluding hydrogens is 628 g/mol.